The third kappa shape index (κ3) is 3.06. The van der Waals surface area contributed by atoms with E-state index in [1.54, 1.807) is 30.1 Å². The summed E-state index contributed by atoms with van der Waals surface area (Å²) in [6.45, 7) is 3.63. The van der Waals surface area contributed by atoms with Crippen LogP contribution in [-0.4, -0.2) is 20.8 Å². The van der Waals surface area contributed by atoms with Crippen molar-refractivity contribution in [2.45, 2.75) is 19.9 Å². The highest BCUT2D eigenvalue weighted by Crippen LogP contribution is 2.27. The van der Waals surface area contributed by atoms with Crippen molar-refractivity contribution in [3.8, 4) is 5.75 Å². The first-order valence-corrected chi connectivity index (χ1v) is 6.15. The number of carbonyl (C=O) groups is 1. The van der Waals surface area contributed by atoms with Crippen molar-refractivity contribution in [1.29, 1.82) is 0 Å². The molecule has 0 saturated carbocycles. The van der Waals surface area contributed by atoms with E-state index in [1.807, 2.05) is 6.92 Å². The van der Waals surface area contributed by atoms with Crippen molar-refractivity contribution in [2.75, 3.05) is 5.32 Å². The van der Waals surface area contributed by atoms with Gasteiger partial charge >= 0.3 is 0 Å². The molecular weight excluding hydrogens is 266 g/mol. The lowest BCUT2D eigenvalue weighted by atomic mass is 10.2. The molecule has 0 aliphatic carbocycles. The number of phenols is 1. The van der Waals surface area contributed by atoms with Gasteiger partial charge in [0.05, 0.1) is 11.9 Å². The first-order valence-electron chi connectivity index (χ1n) is 5.77. The Bertz CT molecular complexity index is 610. The van der Waals surface area contributed by atoms with Gasteiger partial charge in [0.15, 0.2) is 0 Å². The molecule has 6 heteroatoms. The minimum Gasteiger partial charge on any atom is -0.506 e. The van der Waals surface area contributed by atoms with Crippen LogP contribution in [0.1, 0.15) is 18.5 Å². The quantitative estimate of drug-likeness (QED) is 0.849. The second kappa shape index (κ2) is 5.32. The van der Waals surface area contributed by atoms with Crippen LogP contribution in [0.4, 0.5) is 5.69 Å². The van der Waals surface area contributed by atoms with Gasteiger partial charge in [0.2, 0.25) is 5.91 Å². The molecule has 0 saturated heterocycles. The molecular formula is C13H14ClN3O2. The predicted molar refractivity (Wildman–Crippen MR) is 73.4 cm³/mol. The van der Waals surface area contributed by atoms with E-state index in [4.69, 9.17) is 11.6 Å². The van der Waals surface area contributed by atoms with E-state index in [0.29, 0.717) is 5.02 Å². The average Bonchev–Trinajstić information content (AvgIpc) is 2.79. The maximum absolute atomic E-state index is 12.1. The number of anilines is 1. The van der Waals surface area contributed by atoms with Crippen molar-refractivity contribution in [2.24, 2.45) is 0 Å². The molecule has 2 rings (SSSR count). The summed E-state index contributed by atoms with van der Waals surface area (Å²) < 4.78 is 1.56. The number of aryl methyl sites for hydroxylation is 1. The van der Waals surface area contributed by atoms with Crippen LogP contribution in [0.2, 0.25) is 5.02 Å². The summed E-state index contributed by atoms with van der Waals surface area (Å²) >= 11 is 5.82. The minimum absolute atomic E-state index is 0.0263. The SMILES string of the molecule is Cc1cnn([C@@H](C)C(=O)Nc2cc(Cl)ccc2O)c1. The monoisotopic (exact) mass is 279 g/mol. The average molecular weight is 280 g/mol. The summed E-state index contributed by atoms with van der Waals surface area (Å²) in [5, 5.41) is 16.8. The van der Waals surface area contributed by atoms with Crippen molar-refractivity contribution in [3.05, 3.63) is 41.2 Å². The molecule has 5 nitrogen and oxygen atoms in total. The summed E-state index contributed by atoms with van der Waals surface area (Å²) in [5.74, 6) is -0.303. The largest absolute Gasteiger partial charge is 0.506 e. The fourth-order valence-corrected chi connectivity index (χ4v) is 1.78. The van der Waals surface area contributed by atoms with E-state index in [1.165, 1.54) is 12.1 Å². The summed E-state index contributed by atoms with van der Waals surface area (Å²) in [6.07, 6.45) is 3.46. The van der Waals surface area contributed by atoms with E-state index in [0.717, 1.165) is 5.56 Å². The van der Waals surface area contributed by atoms with Crippen molar-refractivity contribution in [1.82, 2.24) is 9.78 Å². The predicted octanol–water partition coefficient (Wildman–Crippen LogP) is 2.75. The lowest BCUT2D eigenvalue weighted by molar-refractivity contribution is -0.119. The molecule has 0 spiro atoms. The van der Waals surface area contributed by atoms with Crippen molar-refractivity contribution in [3.63, 3.8) is 0 Å². The second-order valence-electron chi connectivity index (χ2n) is 4.32. The molecule has 0 radical (unpaired) electrons. The van der Waals surface area contributed by atoms with Crippen LogP contribution >= 0.6 is 11.6 Å². The Hall–Kier alpha value is -2.01. The molecule has 0 aliphatic heterocycles. The fourth-order valence-electron chi connectivity index (χ4n) is 1.61. The number of rotatable bonds is 3. The van der Waals surface area contributed by atoms with Crippen LogP contribution in [0.3, 0.4) is 0 Å². The van der Waals surface area contributed by atoms with E-state index in [2.05, 4.69) is 10.4 Å². The molecule has 0 fully saturated rings. The van der Waals surface area contributed by atoms with E-state index in [-0.39, 0.29) is 17.3 Å². The molecule has 0 aliphatic rings. The molecule has 2 N–H and O–H groups in total. The van der Waals surface area contributed by atoms with Crippen LogP contribution in [0, 0.1) is 6.92 Å². The zero-order valence-corrected chi connectivity index (χ0v) is 11.3. The molecule has 1 amide bonds. The van der Waals surface area contributed by atoms with Gasteiger partial charge < -0.3 is 10.4 Å². The van der Waals surface area contributed by atoms with Gasteiger partial charge in [0.25, 0.3) is 0 Å². The lowest BCUT2D eigenvalue weighted by Crippen LogP contribution is -2.24. The maximum Gasteiger partial charge on any atom is 0.249 e. The highest BCUT2D eigenvalue weighted by molar-refractivity contribution is 6.31. The van der Waals surface area contributed by atoms with Crippen LogP contribution in [0.5, 0.6) is 5.75 Å². The van der Waals surface area contributed by atoms with Gasteiger partial charge in [-0.05, 0) is 37.6 Å². The number of aromatic hydroxyl groups is 1. The summed E-state index contributed by atoms with van der Waals surface area (Å²) in [4.78, 5) is 12.1. The van der Waals surface area contributed by atoms with Gasteiger partial charge in [0.1, 0.15) is 11.8 Å². The second-order valence-corrected chi connectivity index (χ2v) is 4.76. The number of halogens is 1. The Kier molecular flexibility index (Phi) is 3.76. The fraction of sp³-hybridized carbons (Fsp3) is 0.231. The van der Waals surface area contributed by atoms with Gasteiger partial charge in [-0.15, -0.1) is 0 Å². The maximum atomic E-state index is 12.1. The smallest absolute Gasteiger partial charge is 0.249 e. The molecule has 1 aromatic carbocycles. The molecule has 0 unspecified atom stereocenters. The lowest BCUT2D eigenvalue weighted by Gasteiger charge is -2.13. The number of hydrogen-bond acceptors (Lipinski definition) is 3. The number of aromatic nitrogens is 2. The number of hydrogen-bond donors (Lipinski definition) is 2. The molecule has 1 heterocycles. The van der Waals surface area contributed by atoms with Crippen LogP contribution in [-0.2, 0) is 4.79 Å². The Morgan fingerprint density at radius 1 is 1.53 bits per heavy atom. The van der Waals surface area contributed by atoms with Gasteiger partial charge in [-0.3, -0.25) is 9.48 Å². The molecule has 2 aromatic rings. The third-order valence-corrected chi connectivity index (χ3v) is 2.96. The van der Waals surface area contributed by atoms with Gasteiger partial charge in [0, 0.05) is 11.2 Å². The highest BCUT2D eigenvalue weighted by Gasteiger charge is 2.17. The highest BCUT2D eigenvalue weighted by atomic mass is 35.5. The third-order valence-electron chi connectivity index (χ3n) is 2.72. The van der Waals surface area contributed by atoms with E-state index < -0.39 is 6.04 Å². The van der Waals surface area contributed by atoms with Gasteiger partial charge in [-0.1, -0.05) is 11.6 Å². The molecule has 19 heavy (non-hydrogen) atoms. The topological polar surface area (TPSA) is 67.2 Å². The zero-order valence-electron chi connectivity index (χ0n) is 10.6. The molecule has 1 atom stereocenters. The van der Waals surface area contributed by atoms with Gasteiger partial charge in [-0.2, -0.15) is 5.10 Å². The van der Waals surface area contributed by atoms with E-state index >= 15 is 0 Å². The first-order chi connectivity index (χ1) is 8.97. The first kappa shape index (κ1) is 13.4. The Labute approximate surface area is 115 Å². The van der Waals surface area contributed by atoms with Crippen molar-refractivity contribution >= 4 is 23.2 Å². The standard InChI is InChI=1S/C13H14ClN3O2/c1-8-6-15-17(7-8)9(2)13(19)16-11-5-10(14)3-4-12(11)18/h3-7,9,18H,1-2H3,(H,16,19)/t9-/m0/s1. The van der Waals surface area contributed by atoms with E-state index in [9.17, 15) is 9.90 Å². The summed E-state index contributed by atoms with van der Waals surface area (Å²) in [6, 6.07) is 4.00. The number of nitrogens with zero attached hydrogens (tertiary/aromatic N) is 2. The zero-order chi connectivity index (χ0) is 14.0. The minimum atomic E-state index is -0.480. The number of amides is 1. The molecule has 0 bridgehead atoms. The van der Waals surface area contributed by atoms with Crippen LogP contribution in [0.25, 0.3) is 0 Å². The summed E-state index contributed by atoms with van der Waals surface area (Å²) in [5.41, 5.74) is 1.26. The molecule has 100 valence electrons. The van der Waals surface area contributed by atoms with Gasteiger partial charge in [-0.25, -0.2) is 0 Å². The van der Waals surface area contributed by atoms with Crippen LogP contribution < -0.4 is 5.32 Å². The Morgan fingerprint density at radius 3 is 2.89 bits per heavy atom. The normalized spacial score (nSPS) is 12.2. The van der Waals surface area contributed by atoms with Crippen molar-refractivity contribution < 1.29 is 9.90 Å². The Morgan fingerprint density at radius 2 is 2.26 bits per heavy atom. The Balaban J connectivity index is 2.14. The number of benzene rings is 1. The molecule has 1 aromatic heterocycles. The summed E-state index contributed by atoms with van der Waals surface area (Å²) in [7, 11) is 0. The number of phenolic OH excluding ortho intramolecular Hbond substituents is 1. The van der Waals surface area contributed by atoms with Crippen LogP contribution in [0.15, 0.2) is 30.6 Å². The number of carbonyl (C=O) groups excluding carboxylic acids is 1. The number of nitrogens with one attached hydrogen (secondary N) is 1.